The first-order valence-corrected chi connectivity index (χ1v) is 5.63. The van der Waals surface area contributed by atoms with Crippen LogP contribution in [0.4, 0.5) is 0 Å². The van der Waals surface area contributed by atoms with E-state index in [0.717, 1.165) is 25.7 Å². The highest BCUT2D eigenvalue weighted by atomic mass is 35.5. The van der Waals surface area contributed by atoms with Gasteiger partial charge >= 0.3 is 0 Å². The molecular weight excluding hydrogens is 216 g/mol. The molecule has 0 fully saturated rings. The van der Waals surface area contributed by atoms with E-state index in [-0.39, 0.29) is 11.1 Å². The van der Waals surface area contributed by atoms with Gasteiger partial charge in [-0.15, -0.1) is 11.6 Å². The zero-order valence-corrected chi connectivity index (χ0v) is 9.29. The van der Waals surface area contributed by atoms with Crippen LogP contribution in [-0.4, -0.2) is 15.7 Å². The predicted molar refractivity (Wildman–Crippen MR) is 60.5 cm³/mol. The molecule has 15 heavy (non-hydrogen) atoms. The highest BCUT2D eigenvalue weighted by Gasteiger charge is 1.96. The van der Waals surface area contributed by atoms with Crippen molar-refractivity contribution in [2.75, 3.05) is 5.88 Å². The molecule has 0 saturated carbocycles. The summed E-state index contributed by atoms with van der Waals surface area (Å²) in [7, 11) is 0. The standard InChI is InChI=1S/C10H15ClN2O2/c11-7-3-1-2-4-8-13-10(15)6-5-9(14)12-13/h5-6H,1-4,7-8H2,(H,12,14). The number of nitrogens with one attached hydrogen (secondary N) is 1. The summed E-state index contributed by atoms with van der Waals surface area (Å²) >= 11 is 5.54. The highest BCUT2D eigenvalue weighted by Crippen LogP contribution is 2.01. The van der Waals surface area contributed by atoms with Crippen LogP contribution in [0, 0.1) is 0 Å². The molecule has 0 radical (unpaired) electrons. The van der Waals surface area contributed by atoms with Crippen LogP contribution in [0.15, 0.2) is 21.7 Å². The van der Waals surface area contributed by atoms with Crippen molar-refractivity contribution in [3.63, 3.8) is 0 Å². The molecule has 1 rings (SSSR count). The number of halogens is 1. The van der Waals surface area contributed by atoms with E-state index >= 15 is 0 Å². The van der Waals surface area contributed by atoms with E-state index < -0.39 is 0 Å². The van der Waals surface area contributed by atoms with E-state index in [1.807, 2.05) is 0 Å². The smallest absolute Gasteiger partial charge is 0.265 e. The number of rotatable bonds is 6. The third kappa shape index (κ3) is 4.34. The fourth-order valence-corrected chi connectivity index (χ4v) is 1.54. The molecule has 0 aromatic carbocycles. The van der Waals surface area contributed by atoms with Crippen LogP contribution in [-0.2, 0) is 6.54 Å². The lowest BCUT2D eigenvalue weighted by Crippen LogP contribution is -2.27. The van der Waals surface area contributed by atoms with Crippen molar-refractivity contribution in [2.24, 2.45) is 0 Å². The van der Waals surface area contributed by atoms with Gasteiger partial charge in [0, 0.05) is 24.6 Å². The number of hydrogen-bond donors (Lipinski definition) is 1. The lowest BCUT2D eigenvalue weighted by atomic mass is 10.2. The zero-order chi connectivity index (χ0) is 11.1. The largest absolute Gasteiger partial charge is 0.268 e. The molecule has 0 saturated heterocycles. The van der Waals surface area contributed by atoms with Crippen LogP contribution in [0.5, 0.6) is 0 Å². The Kier molecular flexibility index (Phi) is 5.18. The Hall–Kier alpha value is -1.03. The van der Waals surface area contributed by atoms with Gasteiger partial charge in [-0.05, 0) is 12.8 Å². The number of aromatic nitrogens is 2. The minimum atomic E-state index is -0.240. The number of nitrogens with zero attached hydrogens (tertiary/aromatic N) is 1. The average Bonchev–Trinajstić information content (AvgIpc) is 2.23. The normalized spacial score (nSPS) is 10.5. The molecule has 84 valence electrons. The van der Waals surface area contributed by atoms with Crippen molar-refractivity contribution in [1.82, 2.24) is 9.78 Å². The molecule has 4 nitrogen and oxygen atoms in total. The van der Waals surface area contributed by atoms with Crippen molar-refractivity contribution in [3.05, 3.63) is 32.8 Å². The zero-order valence-electron chi connectivity index (χ0n) is 8.54. The molecule has 5 heteroatoms. The van der Waals surface area contributed by atoms with E-state index in [2.05, 4.69) is 5.10 Å². The second-order valence-corrected chi connectivity index (χ2v) is 3.78. The summed E-state index contributed by atoms with van der Waals surface area (Å²) in [6.45, 7) is 0.567. The summed E-state index contributed by atoms with van der Waals surface area (Å²) in [6.07, 6.45) is 3.98. The Morgan fingerprint density at radius 3 is 2.60 bits per heavy atom. The van der Waals surface area contributed by atoms with E-state index in [1.54, 1.807) is 0 Å². The monoisotopic (exact) mass is 230 g/mol. The maximum absolute atomic E-state index is 11.3. The van der Waals surface area contributed by atoms with Crippen molar-refractivity contribution in [2.45, 2.75) is 32.2 Å². The highest BCUT2D eigenvalue weighted by molar-refractivity contribution is 6.17. The van der Waals surface area contributed by atoms with Gasteiger partial charge in [0.25, 0.3) is 11.1 Å². The Bertz CT molecular complexity index is 397. The van der Waals surface area contributed by atoms with E-state index in [4.69, 9.17) is 11.6 Å². The first kappa shape index (κ1) is 12.0. The quantitative estimate of drug-likeness (QED) is 0.592. The molecule has 1 heterocycles. The van der Waals surface area contributed by atoms with Crippen molar-refractivity contribution < 1.29 is 0 Å². The molecule has 0 aliphatic carbocycles. The van der Waals surface area contributed by atoms with Crippen LogP contribution in [0.2, 0.25) is 0 Å². The fraction of sp³-hybridized carbons (Fsp3) is 0.600. The summed E-state index contributed by atoms with van der Waals surface area (Å²) in [5.41, 5.74) is -0.401. The number of hydrogen-bond acceptors (Lipinski definition) is 2. The SMILES string of the molecule is O=c1ccc(=O)n(CCCCCCCl)[nH]1. The summed E-state index contributed by atoms with van der Waals surface area (Å²) in [5.74, 6) is 0.683. The Morgan fingerprint density at radius 1 is 1.13 bits per heavy atom. The Balaban J connectivity index is 2.40. The number of H-pyrrole nitrogens is 1. The molecule has 0 amide bonds. The molecule has 0 bridgehead atoms. The third-order valence-corrected chi connectivity index (χ3v) is 2.42. The maximum atomic E-state index is 11.3. The lowest BCUT2D eigenvalue weighted by molar-refractivity contribution is 0.514. The van der Waals surface area contributed by atoms with Crippen molar-refractivity contribution in [3.8, 4) is 0 Å². The molecule has 1 aromatic rings. The molecule has 0 spiro atoms. The molecule has 1 N–H and O–H groups in total. The first-order chi connectivity index (χ1) is 7.24. The van der Waals surface area contributed by atoms with E-state index in [0.29, 0.717) is 12.4 Å². The summed E-state index contributed by atoms with van der Waals surface area (Å²) in [6, 6.07) is 2.53. The number of alkyl halides is 1. The second-order valence-electron chi connectivity index (χ2n) is 3.40. The predicted octanol–water partition coefficient (Wildman–Crippen LogP) is 1.34. The van der Waals surface area contributed by atoms with Gasteiger partial charge in [-0.3, -0.25) is 19.4 Å². The third-order valence-electron chi connectivity index (χ3n) is 2.15. The maximum Gasteiger partial charge on any atom is 0.265 e. The van der Waals surface area contributed by atoms with Crippen LogP contribution in [0.1, 0.15) is 25.7 Å². The average molecular weight is 231 g/mol. The number of aromatic amines is 1. The molecule has 1 aromatic heterocycles. The molecule has 0 atom stereocenters. The molecular formula is C10H15ClN2O2. The fourth-order valence-electron chi connectivity index (χ4n) is 1.35. The summed E-state index contributed by atoms with van der Waals surface area (Å²) in [5, 5.41) is 2.49. The van der Waals surface area contributed by atoms with Crippen LogP contribution < -0.4 is 11.1 Å². The van der Waals surface area contributed by atoms with Gasteiger partial charge in [0.05, 0.1) is 0 Å². The van der Waals surface area contributed by atoms with Gasteiger partial charge in [-0.1, -0.05) is 12.8 Å². The van der Waals surface area contributed by atoms with E-state index in [9.17, 15) is 9.59 Å². The van der Waals surface area contributed by atoms with Crippen LogP contribution in [0.25, 0.3) is 0 Å². The number of aryl methyl sites for hydroxylation is 1. The minimum Gasteiger partial charge on any atom is -0.268 e. The van der Waals surface area contributed by atoms with Gasteiger partial charge in [0.1, 0.15) is 0 Å². The van der Waals surface area contributed by atoms with Gasteiger partial charge < -0.3 is 0 Å². The Labute approximate surface area is 92.9 Å². The van der Waals surface area contributed by atoms with Crippen molar-refractivity contribution >= 4 is 11.6 Å². The van der Waals surface area contributed by atoms with Crippen molar-refractivity contribution in [1.29, 1.82) is 0 Å². The minimum absolute atomic E-state index is 0.160. The summed E-state index contributed by atoms with van der Waals surface area (Å²) in [4.78, 5) is 22.2. The lowest BCUT2D eigenvalue weighted by Gasteiger charge is -2.03. The first-order valence-electron chi connectivity index (χ1n) is 5.10. The van der Waals surface area contributed by atoms with Gasteiger partial charge in [0.2, 0.25) is 0 Å². The molecule has 0 unspecified atom stereocenters. The van der Waals surface area contributed by atoms with Gasteiger partial charge in [-0.2, -0.15) is 0 Å². The number of unbranched alkanes of at least 4 members (excludes halogenated alkanes) is 3. The van der Waals surface area contributed by atoms with Crippen LogP contribution in [0.3, 0.4) is 0 Å². The second kappa shape index (κ2) is 6.45. The molecule has 0 aliphatic heterocycles. The van der Waals surface area contributed by atoms with Crippen LogP contribution >= 0.6 is 11.6 Å². The van der Waals surface area contributed by atoms with E-state index in [1.165, 1.54) is 16.8 Å². The Morgan fingerprint density at radius 2 is 1.87 bits per heavy atom. The van der Waals surface area contributed by atoms with Gasteiger partial charge in [0.15, 0.2) is 0 Å². The topological polar surface area (TPSA) is 54.9 Å². The summed E-state index contributed by atoms with van der Waals surface area (Å²) < 4.78 is 1.35. The van der Waals surface area contributed by atoms with Gasteiger partial charge in [-0.25, -0.2) is 0 Å². The molecule has 0 aliphatic rings.